The molecule has 0 bridgehead atoms. The van der Waals surface area contributed by atoms with Crippen LogP contribution in [-0.2, 0) is 9.53 Å². The molecule has 1 aromatic rings. The maximum Gasteiger partial charge on any atom is 0.234 e. The second kappa shape index (κ2) is 6.60. The van der Waals surface area contributed by atoms with Crippen molar-refractivity contribution in [1.29, 1.82) is 0 Å². The highest BCUT2D eigenvalue weighted by Crippen LogP contribution is 2.32. The number of nitrogens with one attached hydrogen (secondary N) is 2. The van der Waals surface area contributed by atoms with Gasteiger partial charge in [0.2, 0.25) is 11.0 Å². The van der Waals surface area contributed by atoms with Crippen LogP contribution >= 0.6 is 11.3 Å². The van der Waals surface area contributed by atoms with Gasteiger partial charge in [-0.05, 0) is 25.9 Å². The molecule has 1 aliphatic rings. The summed E-state index contributed by atoms with van der Waals surface area (Å²) in [5.41, 5.74) is -0.455. The Morgan fingerprint density at radius 1 is 1.45 bits per heavy atom. The van der Waals surface area contributed by atoms with Crippen LogP contribution in [0.3, 0.4) is 0 Å². The van der Waals surface area contributed by atoms with Gasteiger partial charge in [0.15, 0.2) is 0 Å². The Morgan fingerprint density at radius 2 is 2.15 bits per heavy atom. The van der Waals surface area contributed by atoms with Crippen molar-refractivity contribution in [3.8, 4) is 0 Å². The van der Waals surface area contributed by atoms with Crippen LogP contribution in [0.15, 0.2) is 0 Å². The van der Waals surface area contributed by atoms with Crippen molar-refractivity contribution >= 4 is 22.4 Å². The monoisotopic (exact) mass is 298 g/mol. The molecule has 0 atom stereocenters. The van der Waals surface area contributed by atoms with Crippen LogP contribution in [0.25, 0.3) is 0 Å². The van der Waals surface area contributed by atoms with Crippen molar-refractivity contribution in [2.75, 3.05) is 32.1 Å². The van der Waals surface area contributed by atoms with Crippen molar-refractivity contribution < 1.29 is 9.53 Å². The van der Waals surface area contributed by atoms with Crippen LogP contribution in [0.5, 0.6) is 0 Å². The van der Waals surface area contributed by atoms with Gasteiger partial charge in [0.25, 0.3) is 0 Å². The summed E-state index contributed by atoms with van der Waals surface area (Å²) in [6.07, 6.45) is 1.56. The Morgan fingerprint density at radius 3 is 2.70 bits per heavy atom. The van der Waals surface area contributed by atoms with Gasteiger partial charge in [0.05, 0.1) is 12.0 Å². The number of ether oxygens (including phenoxy) is 1. The maximum absolute atomic E-state index is 12.6. The van der Waals surface area contributed by atoms with Gasteiger partial charge in [-0.1, -0.05) is 25.2 Å². The average Bonchev–Trinajstić information content (AvgIpc) is 2.89. The van der Waals surface area contributed by atoms with Gasteiger partial charge in [-0.3, -0.25) is 10.1 Å². The third-order valence-corrected chi connectivity index (χ3v) is 4.76. The SMILES string of the molecule is COCC1(C(=O)Nc2nnc(C(C)C)s2)CCNCC1. The van der Waals surface area contributed by atoms with Gasteiger partial charge in [-0.2, -0.15) is 0 Å². The molecule has 6 nitrogen and oxygen atoms in total. The highest BCUT2D eigenvalue weighted by molar-refractivity contribution is 7.15. The molecule has 0 spiro atoms. The van der Waals surface area contributed by atoms with Crippen molar-refractivity contribution in [1.82, 2.24) is 15.5 Å². The van der Waals surface area contributed by atoms with Crippen LogP contribution < -0.4 is 10.6 Å². The predicted octanol–water partition coefficient (Wildman–Crippen LogP) is 1.62. The Kier molecular flexibility index (Phi) is 5.06. The van der Waals surface area contributed by atoms with E-state index in [0.717, 1.165) is 30.9 Å². The van der Waals surface area contributed by atoms with Crippen molar-refractivity contribution in [2.45, 2.75) is 32.6 Å². The molecule has 112 valence electrons. The van der Waals surface area contributed by atoms with Crippen LogP contribution in [0.2, 0.25) is 0 Å². The molecule has 7 heteroatoms. The number of methoxy groups -OCH3 is 1. The molecule has 1 aromatic heterocycles. The van der Waals surface area contributed by atoms with Gasteiger partial charge in [-0.25, -0.2) is 0 Å². The molecule has 1 saturated heterocycles. The molecule has 0 aliphatic carbocycles. The first kappa shape index (κ1) is 15.3. The van der Waals surface area contributed by atoms with Crippen molar-refractivity contribution in [2.24, 2.45) is 5.41 Å². The molecule has 0 radical (unpaired) electrons. The number of hydrogen-bond donors (Lipinski definition) is 2. The third kappa shape index (κ3) is 3.34. The zero-order chi connectivity index (χ0) is 14.6. The van der Waals surface area contributed by atoms with E-state index < -0.39 is 5.41 Å². The number of amides is 1. The standard InChI is InChI=1S/C13H22N4O2S/c1-9(2)10-16-17-12(20-10)15-11(18)13(8-19-3)4-6-14-7-5-13/h9,14H,4-8H2,1-3H3,(H,15,17,18). The second-order valence-corrected chi connectivity index (χ2v) is 6.53. The summed E-state index contributed by atoms with van der Waals surface area (Å²) in [6.45, 7) is 6.24. The molecule has 2 heterocycles. The lowest BCUT2D eigenvalue weighted by Gasteiger charge is -2.35. The van der Waals surface area contributed by atoms with Gasteiger partial charge in [0, 0.05) is 13.0 Å². The van der Waals surface area contributed by atoms with E-state index >= 15 is 0 Å². The summed E-state index contributed by atoms with van der Waals surface area (Å²) in [7, 11) is 1.64. The fraction of sp³-hybridized carbons (Fsp3) is 0.769. The smallest absolute Gasteiger partial charge is 0.234 e. The second-order valence-electron chi connectivity index (χ2n) is 5.52. The minimum atomic E-state index is -0.455. The molecule has 2 N–H and O–H groups in total. The molecular formula is C13H22N4O2S. The van der Waals surface area contributed by atoms with E-state index in [9.17, 15) is 4.79 Å². The van der Waals surface area contributed by atoms with Crippen LogP contribution in [0, 0.1) is 5.41 Å². The molecule has 0 saturated carbocycles. The average molecular weight is 298 g/mol. The number of carbonyl (C=O) groups is 1. The van der Waals surface area contributed by atoms with E-state index in [4.69, 9.17) is 4.74 Å². The third-order valence-electron chi connectivity index (χ3n) is 3.62. The lowest BCUT2D eigenvalue weighted by molar-refractivity contribution is -0.130. The summed E-state index contributed by atoms with van der Waals surface area (Å²) >= 11 is 1.44. The molecule has 1 aliphatic heterocycles. The number of carbonyl (C=O) groups excluding carboxylic acids is 1. The topological polar surface area (TPSA) is 76.1 Å². The fourth-order valence-electron chi connectivity index (χ4n) is 2.37. The summed E-state index contributed by atoms with van der Waals surface area (Å²) in [4.78, 5) is 12.6. The first-order chi connectivity index (χ1) is 9.57. The largest absolute Gasteiger partial charge is 0.384 e. The van der Waals surface area contributed by atoms with E-state index in [-0.39, 0.29) is 5.91 Å². The predicted molar refractivity (Wildman–Crippen MR) is 79.0 cm³/mol. The zero-order valence-corrected chi connectivity index (χ0v) is 13.0. The van der Waals surface area contributed by atoms with Crippen molar-refractivity contribution in [3.05, 3.63) is 5.01 Å². The summed E-state index contributed by atoms with van der Waals surface area (Å²) in [5, 5.41) is 15.8. The lowest BCUT2D eigenvalue weighted by Crippen LogP contribution is -2.47. The zero-order valence-electron chi connectivity index (χ0n) is 12.2. The molecule has 20 heavy (non-hydrogen) atoms. The van der Waals surface area contributed by atoms with Crippen LogP contribution in [-0.4, -0.2) is 42.9 Å². The highest BCUT2D eigenvalue weighted by atomic mass is 32.1. The number of rotatable bonds is 5. The molecular weight excluding hydrogens is 276 g/mol. The number of anilines is 1. The van der Waals surface area contributed by atoms with Gasteiger partial charge < -0.3 is 10.1 Å². The number of nitrogens with zero attached hydrogens (tertiary/aromatic N) is 2. The Hall–Kier alpha value is -1.05. The molecule has 0 aromatic carbocycles. The maximum atomic E-state index is 12.6. The highest BCUT2D eigenvalue weighted by Gasteiger charge is 2.40. The Bertz CT molecular complexity index is 449. The van der Waals surface area contributed by atoms with Crippen LogP contribution in [0.1, 0.15) is 37.6 Å². The first-order valence-electron chi connectivity index (χ1n) is 6.92. The number of hydrogen-bond acceptors (Lipinski definition) is 6. The lowest BCUT2D eigenvalue weighted by atomic mass is 9.79. The Labute approximate surface area is 123 Å². The molecule has 0 unspecified atom stereocenters. The van der Waals surface area contributed by atoms with Crippen LogP contribution in [0.4, 0.5) is 5.13 Å². The van der Waals surface area contributed by atoms with Gasteiger partial charge in [0.1, 0.15) is 5.01 Å². The molecule has 1 fully saturated rings. The summed E-state index contributed by atoms with van der Waals surface area (Å²) < 4.78 is 5.27. The summed E-state index contributed by atoms with van der Waals surface area (Å²) in [5.74, 6) is 0.317. The van der Waals surface area contributed by atoms with E-state index in [0.29, 0.717) is 17.7 Å². The minimum absolute atomic E-state index is 0.00712. The molecule has 1 amide bonds. The molecule has 2 rings (SSSR count). The van der Waals surface area contributed by atoms with E-state index in [1.54, 1.807) is 7.11 Å². The Balaban J connectivity index is 2.07. The quantitative estimate of drug-likeness (QED) is 0.864. The summed E-state index contributed by atoms with van der Waals surface area (Å²) in [6, 6.07) is 0. The minimum Gasteiger partial charge on any atom is -0.384 e. The van der Waals surface area contributed by atoms with E-state index in [1.807, 2.05) is 0 Å². The fourth-order valence-corrected chi connectivity index (χ4v) is 3.11. The van der Waals surface area contributed by atoms with E-state index in [1.165, 1.54) is 11.3 Å². The first-order valence-corrected chi connectivity index (χ1v) is 7.73. The van der Waals surface area contributed by atoms with Gasteiger partial charge >= 0.3 is 0 Å². The van der Waals surface area contributed by atoms with Crippen molar-refractivity contribution in [3.63, 3.8) is 0 Å². The normalized spacial score (nSPS) is 18.2. The van der Waals surface area contributed by atoms with E-state index in [2.05, 4.69) is 34.7 Å². The number of piperidine rings is 1. The number of aromatic nitrogens is 2. The van der Waals surface area contributed by atoms with Gasteiger partial charge in [-0.15, -0.1) is 10.2 Å².